The van der Waals surface area contributed by atoms with Crippen molar-refractivity contribution in [2.75, 3.05) is 11.9 Å². The first kappa shape index (κ1) is 15.5. The van der Waals surface area contributed by atoms with Crippen LogP contribution in [0, 0.1) is 0 Å². The Balaban J connectivity index is 2.83. The topological polar surface area (TPSA) is 29.3 Å². The molecule has 1 aromatic rings. The molecule has 2 nitrogen and oxygen atoms in total. The number of nitrogens with two attached hydrogens (primary N) is 1. The van der Waals surface area contributed by atoms with Crippen LogP contribution in [-0.4, -0.2) is 19.1 Å². The van der Waals surface area contributed by atoms with E-state index in [1.54, 1.807) is 0 Å². The molecule has 1 aromatic carbocycles. The number of rotatable bonds is 6. The SMILES string of the molecule is CCCC(C)N(C)c1ccc(CC(C)N)c(Br)c1. The summed E-state index contributed by atoms with van der Waals surface area (Å²) in [4.78, 5) is 2.34. The maximum atomic E-state index is 5.85. The Kier molecular flexibility index (Phi) is 6.16. The fourth-order valence-corrected chi connectivity index (χ4v) is 2.66. The standard InChI is InChI=1S/C15H25BrN2/c1-5-6-12(3)18(4)14-8-7-13(9-11(2)17)15(16)10-14/h7-8,10-12H,5-6,9,17H2,1-4H3. The van der Waals surface area contributed by atoms with Gasteiger partial charge in [-0.25, -0.2) is 0 Å². The van der Waals surface area contributed by atoms with E-state index in [0.717, 1.165) is 10.9 Å². The molecule has 0 saturated heterocycles. The van der Waals surface area contributed by atoms with Crippen LogP contribution in [0.25, 0.3) is 0 Å². The van der Waals surface area contributed by atoms with Crippen LogP contribution in [0.1, 0.15) is 39.2 Å². The van der Waals surface area contributed by atoms with Crippen molar-refractivity contribution >= 4 is 21.6 Å². The molecule has 0 spiro atoms. The molecule has 102 valence electrons. The summed E-state index contributed by atoms with van der Waals surface area (Å²) >= 11 is 3.65. The fourth-order valence-electron chi connectivity index (χ4n) is 2.13. The van der Waals surface area contributed by atoms with Gasteiger partial charge in [-0.2, -0.15) is 0 Å². The smallest absolute Gasteiger partial charge is 0.0377 e. The average molecular weight is 313 g/mol. The van der Waals surface area contributed by atoms with Crippen molar-refractivity contribution in [3.8, 4) is 0 Å². The second kappa shape index (κ2) is 7.15. The second-order valence-electron chi connectivity index (χ2n) is 5.21. The summed E-state index contributed by atoms with van der Waals surface area (Å²) < 4.78 is 1.16. The summed E-state index contributed by atoms with van der Waals surface area (Å²) in [7, 11) is 2.16. The summed E-state index contributed by atoms with van der Waals surface area (Å²) in [6.07, 6.45) is 3.35. The van der Waals surface area contributed by atoms with Gasteiger partial charge in [0.2, 0.25) is 0 Å². The first-order valence-corrected chi connectivity index (χ1v) is 7.51. The molecule has 18 heavy (non-hydrogen) atoms. The van der Waals surface area contributed by atoms with Gasteiger partial charge in [0, 0.05) is 29.3 Å². The van der Waals surface area contributed by atoms with Gasteiger partial charge in [0.05, 0.1) is 0 Å². The minimum Gasteiger partial charge on any atom is -0.372 e. The van der Waals surface area contributed by atoms with Crippen LogP contribution in [0.4, 0.5) is 5.69 Å². The molecular formula is C15H25BrN2. The third kappa shape index (κ3) is 4.29. The Morgan fingerprint density at radius 1 is 1.33 bits per heavy atom. The first-order chi connectivity index (χ1) is 8.45. The van der Waals surface area contributed by atoms with Gasteiger partial charge in [0.25, 0.3) is 0 Å². The van der Waals surface area contributed by atoms with E-state index < -0.39 is 0 Å². The molecule has 0 fully saturated rings. The lowest BCUT2D eigenvalue weighted by atomic mass is 10.1. The van der Waals surface area contributed by atoms with Gasteiger partial charge in [-0.1, -0.05) is 35.3 Å². The van der Waals surface area contributed by atoms with Gasteiger partial charge in [0.1, 0.15) is 0 Å². The third-order valence-electron chi connectivity index (χ3n) is 3.35. The summed E-state index contributed by atoms with van der Waals surface area (Å²) in [5, 5.41) is 0. The van der Waals surface area contributed by atoms with E-state index >= 15 is 0 Å². The number of benzene rings is 1. The molecule has 0 aromatic heterocycles. The normalized spacial score (nSPS) is 14.3. The molecule has 0 aliphatic rings. The first-order valence-electron chi connectivity index (χ1n) is 6.72. The largest absolute Gasteiger partial charge is 0.372 e. The van der Waals surface area contributed by atoms with Crippen LogP contribution in [0.15, 0.2) is 22.7 Å². The predicted molar refractivity (Wildman–Crippen MR) is 84.3 cm³/mol. The molecule has 0 amide bonds. The number of anilines is 1. The van der Waals surface area contributed by atoms with E-state index in [0.29, 0.717) is 6.04 Å². The number of halogens is 1. The van der Waals surface area contributed by atoms with Crippen molar-refractivity contribution in [3.05, 3.63) is 28.2 Å². The lowest BCUT2D eigenvalue weighted by Crippen LogP contribution is -2.28. The lowest BCUT2D eigenvalue weighted by molar-refractivity contribution is 0.616. The van der Waals surface area contributed by atoms with E-state index in [4.69, 9.17) is 5.73 Å². The second-order valence-corrected chi connectivity index (χ2v) is 6.06. The Labute approximate surface area is 120 Å². The highest BCUT2D eigenvalue weighted by atomic mass is 79.9. The van der Waals surface area contributed by atoms with E-state index in [1.807, 2.05) is 6.92 Å². The maximum Gasteiger partial charge on any atom is 0.0377 e. The van der Waals surface area contributed by atoms with Crippen molar-refractivity contribution in [2.24, 2.45) is 5.73 Å². The Morgan fingerprint density at radius 3 is 2.50 bits per heavy atom. The van der Waals surface area contributed by atoms with Crippen LogP contribution in [0.3, 0.4) is 0 Å². The zero-order valence-electron chi connectivity index (χ0n) is 11.9. The van der Waals surface area contributed by atoms with Crippen LogP contribution in [0.5, 0.6) is 0 Å². The van der Waals surface area contributed by atoms with Crippen molar-refractivity contribution < 1.29 is 0 Å². The van der Waals surface area contributed by atoms with E-state index in [2.05, 4.69) is 59.9 Å². The molecule has 0 saturated carbocycles. The molecule has 2 unspecified atom stereocenters. The Bertz CT molecular complexity index is 377. The molecule has 0 bridgehead atoms. The van der Waals surface area contributed by atoms with E-state index in [9.17, 15) is 0 Å². The van der Waals surface area contributed by atoms with Gasteiger partial charge in [-0.05, 0) is 44.4 Å². The highest BCUT2D eigenvalue weighted by molar-refractivity contribution is 9.10. The summed E-state index contributed by atoms with van der Waals surface area (Å²) in [6.45, 7) is 6.54. The zero-order chi connectivity index (χ0) is 13.7. The summed E-state index contributed by atoms with van der Waals surface area (Å²) in [6, 6.07) is 7.33. The third-order valence-corrected chi connectivity index (χ3v) is 4.09. The lowest BCUT2D eigenvalue weighted by Gasteiger charge is -2.27. The summed E-state index contributed by atoms with van der Waals surface area (Å²) in [5.41, 5.74) is 8.39. The summed E-state index contributed by atoms with van der Waals surface area (Å²) in [5.74, 6) is 0. The van der Waals surface area contributed by atoms with Crippen molar-refractivity contribution in [2.45, 2.75) is 52.1 Å². The highest BCUT2D eigenvalue weighted by Gasteiger charge is 2.11. The van der Waals surface area contributed by atoms with Crippen LogP contribution >= 0.6 is 15.9 Å². The quantitative estimate of drug-likeness (QED) is 0.861. The molecular weight excluding hydrogens is 288 g/mol. The zero-order valence-corrected chi connectivity index (χ0v) is 13.5. The van der Waals surface area contributed by atoms with Crippen molar-refractivity contribution in [1.82, 2.24) is 0 Å². The molecule has 1 rings (SSSR count). The fraction of sp³-hybridized carbons (Fsp3) is 0.600. The van der Waals surface area contributed by atoms with E-state index in [1.165, 1.54) is 24.1 Å². The highest BCUT2D eigenvalue weighted by Crippen LogP contribution is 2.26. The van der Waals surface area contributed by atoms with E-state index in [-0.39, 0.29) is 6.04 Å². The predicted octanol–water partition coefficient (Wildman–Crippen LogP) is 3.96. The molecule has 0 aliphatic carbocycles. The van der Waals surface area contributed by atoms with Gasteiger partial charge >= 0.3 is 0 Å². The van der Waals surface area contributed by atoms with Crippen molar-refractivity contribution in [1.29, 1.82) is 0 Å². The van der Waals surface area contributed by atoms with Gasteiger partial charge in [-0.3, -0.25) is 0 Å². The minimum absolute atomic E-state index is 0.198. The molecule has 0 aliphatic heterocycles. The molecule has 0 radical (unpaired) electrons. The molecule has 0 heterocycles. The molecule has 2 atom stereocenters. The molecule has 2 N–H and O–H groups in total. The number of nitrogens with zero attached hydrogens (tertiary/aromatic N) is 1. The van der Waals surface area contributed by atoms with Crippen LogP contribution in [-0.2, 0) is 6.42 Å². The number of hydrogen-bond acceptors (Lipinski definition) is 2. The minimum atomic E-state index is 0.198. The maximum absolute atomic E-state index is 5.85. The molecule has 3 heteroatoms. The van der Waals surface area contributed by atoms with Gasteiger partial charge in [0.15, 0.2) is 0 Å². The monoisotopic (exact) mass is 312 g/mol. The Hall–Kier alpha value is -0.540. The van der Waals surface area contributed by atoms with Crippen LogP contribution in [0.2, 0.25) is 0 Å². The van der Waals surface area contributed by atoms with Crippen LogP contribution < -0.4 is 10.6 Å². The Morgan fingerprint density at radius 2 is 2.00 bits per heavy atom. The van der Waals surface area contributed by atoms with Gasteiger partial charge < -0.3 is 10.6 Å². The van der Waals surface area contributed by atoms with Crippen molar-refractivity contribution in [3.63, 3.8) is 0 Å². The van der Waals surface area contributed by atoms with Gasteiger partial charge in [-0.15, -0.1) is 0 Å². The average Bonchev–Trinajstić information content (AvgIpc) is 2.30. The number of hydrogen-bond donors (Lipinski definition) is 1.